The van der Waals surface area contributed by atoms with Crippen LogP contribution in [0.5, 0.6) is 0 Å². The molecule has 2 fully saturated rings. The first-order chi connectivity index (χ1) is 15.9. The number of imide groups is 1. The lowest BCUT2D eigenvalue weighted by atomic mass is 10.1. The highest BCUT2D eigenvalue weighted by Gasteiger charge is 2.27. The molecule has 0 unspecified atom stereocenters. The number of anilines is 2. The fourth-order valence-corrected chi connectivity index (χ4v) is 5.17. The van der Waals surface area contributed by atoms with Gasteiger partial charge in [0.05, 0.1) is 11.4 Å². The fraction of sp³-hybridized carbons (Fsp3) is 0.478. The molecule has 0 radical (unpaired) electrons. The van der Waals surface area contributed by atoms with E-state index >= 15 is 0 Å². The van der Waals surface area contributed by atoms with Crippen molar-refractivity contribution in [1.29, 1.82) is 0 Å². The van der Waals surface area contributed by atoms with Crippen LogP contribution in [0.2, 0.25) is 0 Å². The topological polar surface area (TPSA) is 113 Å². The van der Waals surface area contributed by atoms with E-state index in [1.165, 1.54) is 25.7 Å². The summed E-state index contributed by atoms with van der Waals surface area (Å²) in [5.74, 6) is -0.0754. The Morgan fingerprint density at radius 3 is 2.09 bits per heavy atom. The standard InChI is InChI=1S/C23H29N5O4S/c29-22-6-5-7-23(30)28(22)16-17-33(31,32)26-19-10-8-18(9-11-19)20-12-13-21(25-24-20)27-14-3-1-2-4-15-27/h8-13,26H,1-7,14-17H2. The average molecular weight is 472 g/mol. The van der Waals surface area contributed by atoms with E-state index in [1.807, 2.05) is 12.1 Å². The molecule has 2 aromatic rings. The van der Waals surface area contributed by atoms with Crippen molar-refractivity contribution in [3.8, 4) is 11.3 Å². The van der Waals surface area contributed by atoms with Gasteiger partial charge in [-0.25, -0.2) is 8.42 Å². The molecule has 4 rings (SSSR count). The van der Waals surface area contributed by atoms with E-state index in [4.69, 9.17) is 0 Å². The number of carbonyl (C=O) groups is 2. The third-order valence-corrected chi connectivity index (χ3v) is 7.27. The quantitative estimate of drug-likeness (QED) is 0.618. The summed E-state index contributed by atoms with van der Waals surface area (Å²) >= 11 is 0. The van der Waals surface area contributed by atoms with Crippen molar-refractivity contribution in [2.45, 2.75) is 44.9 Å². The molecule has 0 bridgehead atoms. The number of aromatic nitrogens is 2. The molecule has 2 amide bonds. The molecule has 0 spiro atoms. The lowest BCUT2D eigenvalue weighted by Gasteiger charge is -2.24. The lowest BCUT2D eigenvalue weighted by molar-refractivity contribution is -0.147. The van der Waals surface area contributed by atoms with Gasteiger partial charge in [0.15, 0.2) is 5.82 Å². The van der Waals surface area contributed by atoms with E-state index < -0.39 is 10.0 Å². The zero-order valence-electron chi connectivity index (χ0n) is 18.6. The smallest absolute Gasteiger partial charge is 0.234 e. The van der Waals surface area contributed by atoms with Crippen molar-refractivity contribution in [2.75, 3.05) is 35.0 Å². The minimum absolute atomic E-state index is 0.135. The van der Waals surface area contributed by atoms with Crippen LogP contribution >= 0.6 is 0 Å². The van der Waals surface area contributed by atoms with Crippen LogP contribution in [0, 0.1) is 0 Å². The van der Waals surface area contributed by atoms with Crippen molar-refractivity contribution in [2.24, 2.45) is 0 Å². The van der Waals surface area contributed by atoms with Gasteiger partial charge in [0.1, 0.15) is 0 Å². The monoisotopic (exact) mass is 471 g/mol. The van der Waals surface area contributed by atoms with E-state index in [0.717, 1.165) is 29.4 Å². The van der Waals surface area contributed by atoms with Gasteiger partial charge < -0.3 is 4.90 Å². The highest BCUT2D eigenvalue weighted by atomic mass is 32.2. The number of likely N-dealkylation sites (tertiary alicyclic amines) is 1. The van der Waals surface area contributed by atoms with Gasteiger partial charge in [0.25, 0.3) is 0 Å². The van der Waals surface area contributed by atoms with Crippen LogP contribution in [0.15, 0.2) is 36.4 Å². The number of piperidine rings is 1. The van der Waals surface area contributed by atoms with Crippen LogP contribution in [-0.2, 0) is 19.6 Å². The van der Waals surface area contributed by atoms with Crippen LogP contribution in [0.3, 0.4) is 0 Å². The first-order valence-corrected chi connectivity index (χ1v) is 13.1. The Bertz CT molecular complexity index is 1060. The van der Waals surface area contributed by atoms with Gasteiger partial charge in [-0.2, -0.15) is 0 Å². The predicted molar refractivity (Wildman–Crippen MR) is 126 cm³/mol. The summed E-state index contributed by atoms with van der Waals surface area (Å²) in [6, 6.07) is 10.8. The first-order valence-electron chi connectivity index (χ1n) is 11.4. The molecule has 3 heterocycles. The van der Waals surface area contributed by atoms with E-state index in [2.05, 4.69) is 19.8 Å². The molecule has 2 aliphatic rings. The van der Waals surface area contributed by atoms with E-state index in [-0.39, 0.29) is 37.0 Å². The number of nitrogens with one attached hydrogen (secondary N) is 1. The molecule has 0 saturated carbocycles. The van der Waals surface area contributed by atoms with Gasteiger partial charge in [-0.3, -0.25) is 19.2 Å². The molecule has 10 heteroatoms. The van der Waals surface area contributed by atoms with Crippen LogP contribution in [-0.4, -0.2) is 60.7 Å². The number of benzene rings is 1. The summed E-state index contributed by atoms with van der Waals surface area (Å²) in [6.07, 6.45) is 5.94. The molecule has 176 valence electrons. The molecule has 1 aromatic carbocycles. The Morgan fingerprint density at radius 1 is 0.818 bits per heavy atom. The number of sulfonamides is 1. The Balaban J connectivity index is 1.35. The largest absolute Gasteiger partial charge is 0.355 e. The normalized spacial score (nSPS) is 17.7. The Labute approximate surface area is 194 Å². The molecule has 1 aromatic heterocycles. The molecule has 9 nitrogen and oxygen atoms in total. The number of hydrogen-bond donors (Lipinski definition) is 1. The zero-order valence-corrected chi connectivity index (χ0v) is 19.4. The van der Waals surface area contributed by atoms with Gasteiger partial charge in [-0.1, -0.05) is 25.0 Å². The lowest BCUT2D eigenvalue weighted by Crippen LogP contribution is -2.43. The summed E-state index contributed by atoms with van der Waals surface area (Å²) in [4.78, 5) is 27.0. The number of amides is 2. The Hall–Kier alpha value is -3.01. The number of hydrogen-bond acceptors (Lipinski definition) is 7. The maximum Gasteiger partial charge on any atom is 0.234 e. The highest BCUT2D eigenvalue weighted by molar-refractivity contribution is 7.92. The third kappa shape index (κ3) is 6.07. The number of nitrogens with zero attached hydrogens (tertiary/aromatic N) is 4. The fourth-order valence-electron chi connectivity index (χ4n) is 4.15. The number of carbonyl (C=O) groups excluding carboxylic acids is 2. The Kier molecular flexibility index (Phi) is 7.22. The van der Waals surface area contributed by atoms with Crippen molar-refractivity contribution in [1.82, 2.24) is 15.1 Å². The predicted octanol–water partition coefficient (Wildman–Crippen LogP) is 2.80. The molecule has 1 N–H and O–H groups in total. The Morgan fingerprint density at radius 2 is 1.48 bits per heavy atom. The summed E-state index contributed by atoms with van der Waals surface area (Å²) in [5.41, 5.74) is 1.95. The van der Waals surface area contributed by atoms with Gasteiger partial charge in [0.2, 0.25) is 21.8 Å². The van der Waals surface area contributed by atoms with Gasteiger partial charge in [0, 0.05) is 43.7 Å². The van der Waals surface area contributed by atoms with Crippen molar-refractivity contribution in [3.63, 3.8) is 0 Å². The first kappa shape index (κ1) is 23.2. The molecule has 2 saturated heterocycles. The zero-order chi connectivity index (χ0) is 23.3. The second kappa shape index (κ2) is 10.3. The van der Waals surface area contributed by atoms with Crippen molar-refractivity contribution < 1.29 is 18.0 Å². The van der Waals surface area contributed by atoms with Crippen LogP contribution in [0.1, 0.15) is 44.9 Å². The van der Waals surface area contributed by atoms with E-state index in [9.17, 15) is 18.0 Å². The minimum Gasteiger partial charge on any atom is -0.355 e. The molecule has 0 atom stereocenters. The SMILES string of the molecule is O=C1CCCC(=O)N1CCS(=O)(=O)Nc1ccc(-c2ccc(N3CCCCCC3)nn2)cc1. The molecule has 0 aliphatic carbocycles. The van der Waals surface area contributed by atoms with Crippen LogP contribution in [0.25, 0.3) is 11.3 Å². The summed E-state index contributed by atoms with van der Waals surface area (Å²) in [7, 11) is -3.71. The summed E-state index contributed by atoms with van der Waals surface area (Å²) < 4.78 is 27.4. The maximum absolute atomic E-state index is 12.4. The van der Waals surface area contributed by atoms with Gasteiger partial charge in [-0.15, -0.1) is 10.2 Å². The summed E-state index contributed by atoms with van der Waals surface area (Å²) in [6.45, 7) is 1.87. The average Bonchev–Trinajstić information content (AvgIpc) is 3.09. The van der Waals surface area contributed by atoms with E-state index in [0.29, 0.717) is 17.8 Å². The summed E-state index contributed by atoms with van der Waals surface area (Å²) in [5, 5.41) is 8.74. The van der Waals surface area contributed by atoms with Gasteiger partial charge >= 0.3 is 0 Å². The van der Waals surface area contributed by atoms with Crippen LogP contribution < -0.4 is 9.62 Å². The number of rotatable bonds is 7. The minimum atomic E-state index is -3.71. The van der Waals surface area contributed by atoms with Crippen molar-refractivity contribution >= 4 is 33.3 Å². The third-order valence-electron chi connectivity index (χ3n) is 6.00. The molecule has 2 aliphatic heterocycles. The second-order valence-corrected chi connectivity index (χ2v) is 10.3. The molecular formula is C23H29N5O4S. The van der Waals surface area contributed by atoms with Gasteiger partial charge in [-0.05, 0) is 43.5 Å². The van der Waals surface area contributed by atoms with Crippen LogP contribution in [0.4, 0.5) is 11.5 Å². The van der Waals surface area contributed by atoms with E-state index in [1.54, 1.807) is 24.3 Å². The van der Waals surface area contributed by atoms with Crippen molar-refractivity contribution in [3.05, 3.63) is 36.4 Å². The molecular weight excluding hydrogens is 442 g/mol. The highest BCUT2D eigenvalue weighted by Crippen LogP contribution is 2.23. The second-order valence-electron chi connectivity index (χ2n) is 8.47. The molecule has 33 heavy (non-hydrogen) atoms. The maximum atomic E-state index is 12.4.